The first-order valence-electron chi connectivity index (χ1n) is 9.53. The first-order valence-corrected chi connectivity index (χ1v) is 9.53. The first kappa shape index (κ1) is 19.5. The Hall–Kier alpha value is -3.81. The molecule has 4 rings (SSSR count). The van der Waals surface area contributed by atoms with Gasteiger partial charge in [-0.1, -0.05) is 17.3 Å². The van der Waals surface area contributed by atoms with Crippen LogP contribution in [0, 0.1) is 12.8 Å². The number of aryl methyl sites for hydroxylation is 1. The Morgan fingerprint density at radius 1 is 1.17 bits per heavy atom. The number of hydrogen-bond acceptors (Lipinski definition) is 6. The summed E-state index contributed by atoms with van der Waals surface area (Å²) in [6, 6.07) is 14.0. The summed E-state index contributed by atoms with van der Waals surface area (Å²) in [4.78, 5) is 42.4. The van der Waals surface area contributed by atoms with Crippen molar-refractivity contribution < 1.29 is 18.9 Å². The fraction of sp³-hybridized carbons (Fsp3) is 0.227. The van der Waals surface area contributed by atoms with Gasteiger partial charge in [0.15, 0.2) is 5.78 Å². The number of carbonyl (C=O) groups is 3. The van der Waals surface area contributed by atoms with Crippen molar-refractivity contribution in [2.75, 3.05) is 16.8 Å². The molecule has 2 heterocycles. The number of amides is 2. The molecule has 1 fully saturated rings. The van der Waals surface area contributed by atoms with Gasteiger partial charge in [-0.05, 0) is 43.3 Å². The summed E-state index contributed by atoms with van der Waals surface area (Å²) in [6.07, 6.45) is 0.128. The lowest BCUT2D eigenvalue weighted by atomic mass is 10.1. The lowest BCUT2D eigenvalue weighted by Crippen LogP contribution is -2.28. The van der Waals surface area contributed by atoms with Gasteiger partial charge in [-0.2, -0.15) is 4.98 Å². The minimum atomic E-state index is -0.471. The van der Waals surface area contributed by atoms with Gasteiger partial charge in [0.2, 0.25) is 23.5 Å². The number of carbonyl (C=O) groups excluding carboxylic acids is 3. The van der Waals surface area contributed by atoms with E-state index in [-0.39, 0.29) is 30.6 Å². The average Bonchev–Trinajstić information content (AvgIpc) is 3.34. The van der Waals surface area contributed by atoms with Crippen LogP contribution in [0.1, 0.15) is 29.6 Å². The summed E-state index contributed by atoms with van der Waals surface area (Å²) in [5.41, 5.74) is 2.58. The number of aromatic nitrogens is 2. The molecule has 0 saturated carbocycles. The highest BCUT2D eigenvalue weighted by Crippen LogP contribution is 2.29. The number of rotatable bonds is 5. The third kappa shape index (κ3) is 3.98. The predicted molar refractivity (Wildman–Crippen MR) is 110 cm³/mol. The Kier molecular flexibility index (Phi) is 5.14. The monoisotopic (exact) mass is 404 g/mol. The van der Waals surface area contributed by atoms with Gasteiger partial charge in [0.05, 0.1) is 5.92 Å². The summed E-state index contributed by atoms with van der Waals surface area (Å²) < 4.78 is 5.02. The second-order valence-corrected chi connectivity index (χ2v) is 7.22. The quantitative estimate of drug-likeness (QED) is 0.655. The van der Waals surface area contributed by atoms with Crippen LogP contribution >= 0.6 is 0 Å². The molecule has 1 aliphatic rings. The van der Waals surface area contributed by atoms with E-state index < -0.39 is 5.92 Å². The van der Waals surface area contributed by atoms with Crippen LogP contribution in [-0.4, -0.2) is 34.3 Å². The van der Waals surface area contributed by atoms with Crippen molar-refractivity contribution in [2.45, 2.75) is 20.3 Å². The van der Waals surface area contributed by atoms with Crippen molar-refractivity contribution in [1.82, 2.24) is 10.1 Å². The van der Waals surface area contributed by atoms with Gasteiger partial charge in [0, 0.05) is 42.4 Å². The van der Waals surface area contributed by atoms with Crippen LogP contribution in [0.4, 0.5) is 11.4 Å². The van der Waals surface area contributed by atoms with Crippen LogP contribution in [0.25, 0.3) is 11.4 Å². The number of anilines is 2. The van der Waals surface area contributed by atoms with E-state index in [4.69, 9.17) is 4.52 Å². The van der Waals surface area contributed by atoms with E-state index in [9.17, 15) is 14.4 Å². The normalized spacial score (nSPS) is 16.0. The minimum absolute atomic E-state index is 0.0388. The molecule has 2 amide bonds. The molecule has 8 heteroatoms. The third-order valence-electron chi connectivity index (χ3n) is 5.00. The SMILES string of the molecule is CC(=O)c1ccc(NC(=O)[C@@H]2CC(=O)N(c3cccc(-c4noc(C)n4)c3)C2)cc1. The molecule has 3 aromatic rings. The Balaban J connectivity index is 1.46. The minimum Gasteiger partial charge on any atom is -0.339 e. The molecule has 0 aliphatic carbocycles. The lowest BCUT2D eigenvalue weighted by Gasteiger charge is -2.17. The Labute approximate surface area is 172 Å². The van der Waals surface area contributed by atoms with Crippen molar-refractivity contribution in [3.63, 3.8) is 0 Å². The van der Waals surface area contributed by atoms with E-state index in [0.717, 1.165) is 5.56 Å². The van der Waals surface area contributed by atoms with Crippen LogP contribution in [-0.2, 0) is 9.59 Å². The molecular weight excluding hydrogens is 384 g/mol. The van der Waals surface area contributed by atoms with Crippen molar-refractivity contribution in [3.05, 3.63) is 60.0 Å². The summed E-state index contributed by atoms with van der Waals surface area (Å²) in [6.45, 7) is 3.48. The molecular formula is C22H20N4O4. The molecule has 0 radical (unpaired) electrons. The predicted octanol–water partition coefficient (Wildman–Crippen LogP) is 3.24. The molecule has 0 spiro atoms. The number of nitrogens with one attached hydrogen (secondary N) is 1. The van der Waals surface area contributed by atoms with Crippen LogP contribution < -0.4 is 10.2 Å². The Bertz CT molecular complexity index is 1120. The lowest BCUT2D eigenvalue weighted by molar-refractivity contribution is -0.122. The molecule has 1 aromatic heterocycles. The highest BCUT2D eigenvalue weighted by Gasteiger charge is 2.35. The highest BCUT2D eigenvalue weighted by molar-refractivity contribution is 6.04. The second-order valence-electron chi connectivity index (χ2n) is 7.22. The molecule has 1 saturated heterocycles. The van der Waals surface area contributed by atoms with Gasteiger partial charge in [-0.3, -0.25) is 14.4 Å². The molecule has 152 valence electrons. The number of ketones is 1. The number of nitrogens with zero attached hydrogens (tertiary/aromatic N) is 3. The number of benzene rings is 2. The molecule has 1 aliphatic heterocycles. The first-order chi connectivity index (χ1) is 14.4. The number of hydrogen-bond donors (Lipinski definition) is 1. The van der Waals surface area contributed by atoms with Crippen molar-refractivity contribution in [3.8, 4) is 11.4 Å². The molecule has 1 atom stereocenters. The molecule has 8 nitrogen and oxygen atoms in total. The van der Waals surface area contributed by atoms with Gasteiger partial charge < -0.3 is 14.7 Å². The van der Waals surface area contributed by atoms with Crippen LogP contribution in [0.2, 0.25) is 0 Å². The molecule has 1 N–H and O–H groups in total. The maximum absolute atomic E-state index is 12.7. The summed E-state index contributed by atoms with van der Waals surface area (Å²) in [5.74, 6) is 0.0455. The van der Waals surface area contributed by atoms with Gasteiger partial charge in [0.1, 0.15) is 0 Å². The van der Waals surface area contributed by atoms with Gasteiger partial charge >= 0.3 is 0 Å². The largest absolute Gasteiger partial charge is 0.339 e. The summed E-state index contributed by atoms with van der Waals surface area (Å²) in [5, 5.41) is 6.73. The molecule has 2 aromatic carbocycles. The van der Waals surface area contributed by atoms with E-state index >= 15 is 0 Å². The van der Waals surface area contributed by atoms with Gasteiger partial charge in [-0.25, -0.2) is 0 Å². The van der Waals surface area contributed by atoms with Crippen molar-refractivity contribution >= 4 is 29.0 Å². The van der Waals surface area contributed by atoms with Gasteiger partial charge in [0.25, 0.3) is 0 Å². The van der Waals surface area contributed by atoms with Crippen LogP contribution in [0.15, 0.2) is 53.1 Å². The topological polar surface area (TPSA) is 105 Å². The zero-order chi connectivity index (χ0) is 21.3. The van der Waals surface area contributed by atoms with E-state index in [1.54, 1.807) is 36.1 Å². The second kappa shape index (κ2) is 7.90. The third-order valence-corrected chi connectivity index (χ3v) is 5.00. The fourth-order valence-corrected chi connectivity index (χ4v) is 3.39. The van der Waals surface area contributed by atoms with E-state index in [2.05, 4.69) is 15.5 Å². The smallest absolute Gasteiger partial charge is 0.229 e. The molecule has 30 heavy (non-hydrogen) atoms. The highest BCUT2D eigenvalue weighted by atomic mass is 16.5. The summed E-state index contributed by atoms with van der Waals surface area (Å²) >= 11 is 0. The number of Topliss-reactive ketones (excluding diaryl/α,β-unsaturated/α-hetero) is 1. The Morgan fingerprint density at radius 2 is 1.93 bits per heavy atom. The maximum Gasteiger partial charge on any atom is 0.229 e. The van der Waals surface area contributed by atoms with E-state index in [0.29, 0.717) is 28.7 Å². The van der Waals surface area contributed by atoms with Crippen molar-refractivity contribution in [1.29, 1.82) is 0 Å². The van der Waals surface area contributed by atoms with Gasteiger partial charge in [-0.15, -0.1) is 0 Å². The van der Waals surface area contributed by atoms with Crippen LogP contribution in [0.3, 0.4) is 0 Å². The fourth-order valence-electron chi connectivity index (χ4n) is 3.39. The average molecular weight is 404 g/mol. The maximum atomic E-state index is 12.7. The van der Waals surface area contributed by atoms with Crippen molar-refractivity contribution in [2.24, 2.45) is 5.92 Å². The molecule has 0 bridgehead atoms. The van der Waals surface area contributed by atoms with Crippen LogP contribution in [0.5, 0.6) is 0 Å². The molecule has 0 unspecified atom stereocenters. The van der Waals surface area contributed by atoms with E-state index in [1.165, 1.54) is 6.92 Å². The Morgan fingerprint density at radius 3 is 2.60 bits per heavy atom. The standard InChI is InChI=1S/C22H20N4O4/c1-13(27)15-6-8-18(9-7-15)24-22(29)17-11-20(28)26(12-17)19-5-3-4-16(10-19)21-23-14(2)30-25-21/h3-10,17H,11-12H2,1-2H3,(H,24,29)/t17-/m1/s1. The summed E-state index contributed by atoms with van der Waals surface area (Å²) in [7, 11) is 0. The zero-order valence-electron chi connectivity index (χ0n) is 16.6. The zero-order valence-corrected chi connectivity index (χ0v) is 16.6. The van der Waals surface area contributed by atoms with E-state index in [1.807, 2.05) is 24.3 Å².